The van der Waals surface area contributed by atoms with Crippen LogP contribution in [0.1, 0.15) is 33.6 Å². The van der Waals surface area contributed by atoms with Gasteiger partial charge in [0.15, 0.2) is 5.96 Å². The molecule has 2 aliphatic rings. The van der Waals surface area contributed by atoms with Crippen LogP contribution in [0.5, 0.6) is 0 Å². The Balaban J connectivity index is 0.00000261. The first kappa shape index (κ1) is 22.3. The van der Waals surface area contributed by atoms with Gasteiger partial charge in [-0.1, -0.05) is 32.0 Å². The topological polar surface area (TPSA) is 48.9 Å². The number of rotatable bonds is 6. The SMILES string of the molecule is CCNC(=NCC(Nc1ccccc1)C(C)C)N1CCC2(CCOC2)C1.I. The van der Waals surface area contributed by atoms with Gasteiger partial charge >= 0.3 is 0 Å². The van der Waals surface area contributed by atoms with Crippen LogP contribution in [-0.2, 0) is 4.74 Å². The summed E-state index contributed by atoms with van der Waals surface area (Å²) in [4.78, 5) is 7.42. The molecule has 27 heavy (non-hydrogen) atoms. The van der Waals surface area contributed by atoms with Crippen molar-refractivity contribution in [3.8, 4) is 0 Å². The predicted molar refractivity (Wildman–Crippen MR) is 124 cm³/mol. The van der Waals surface area contributed by atoms with E-state index < -0.39 is 0 Å². The number of ether oxygens (including phenoxy) is 1. The summed E-state index contributed by atoms with van der Waals surface area (Å²) >= 11 is 0. The Kier molecular flexibility index (Phi) is 8.66. The van der Waals surface area contributed by atoms with E-state index in [2.05, 4.69) is 60.6 Å². The molecule has 2 saturated heterocycles. The molecule has 3 rings (SSSR count). The van der Waals surface area contributed by atoms with E-state index >= 15 is 0 Å². The van der Waals surface area contributed by atoms with Gasteiger partial charge in [-0.25, -0.2) is 0 Å². The van der Waals surface area contributed by atoms with Gasteiger partial charge in [-0.2, -0.15) is 0 Å². The Labute approximate surface area is 181 Å². The zero-order valence-electron chi connectivity index (χ0n) is 16.9. The lowest BCUT2D eigenvalue weighted by Gasteiger charge is -2.26. The zero-order chi connectivity index (χ0) is 18.4. The van der Waals surface area contributed by atoms with Crippen molar-refractivity contribution in [3.05, 3.63) is 30.3 Å². The highest BCUT2D eigenvalue weighted by atomic mass is 127. The van der Waals surface area contributed by atoms with Crippen LogP contribution >= 0.6 is 24.0 Å². The molecule has 2 heterocycles. The molecule has 0 aromatic heterocycles. The van der Waals surface area contributed by atoms with E-state index in [0.717, 1.165) is 51.0 Å². The van der Waals surface area contributed by atoms with Gasteiger partial charge in [-0.05, 0) is 37.8 Å². The first-order chi connectivity index (χ1) is 12.6. The third-order valence-electron chi connectivity index (χ3n) is 5.63. The van der Waals surface area contributed by atoms with Crippen LogP contribution in [0.25, 0.3) is 0 Å². The second kappa shape index (κ2) is 10.5. The Morgan fingerprint density at radius 3 is 2.67 bits per heavy atom. The maximum atomic E-state index is 5.67. The number of benzene rings is 1. The Hall–Kier alpha value is -1.02. The third kappa shape index (κ3) is 5.98. The van der Waals surface area contributed by atoms with Crippen LogP contribution in [0, 0.1) is 11.3 Å². The van der Waals surface area contributed by atoms with Crippen molar-refractivity contribution in [2.24, 2.45) is 16.3 Å². The highest BCUT2D eigenvalue weighted by Crippen LogP contribution is 2.38. The van der Waals surface area contributed by atoms with Gasteiger partial charge in [0.25, 0.3) is 0 Å². The van der Waals surface area contributed by atoms with E-state index in [1.165, 1.54) is 12.8 Å². The fourth-order valence-electron chi connectivity index (χ4n) is 3.87. The van der Waals surface area contributed by atoms with E-state index in [9.17, 15) is 0 Å². The van der Waals surface area contributed by atoms with Crippen LogP contribution in [0.2, 0.25) is 0 Å². The van der Waals surface area contributed by atoms with Crippen LogP contribution in [0.15, 0.2) is 35.3 Å². The molecule has 0 radical (unpaired) electrons. The first-order valence-electron chi connectivity index (χ1n) is 10.0. The molecule has 2 atom stereocenters. The molecular weight excluding hydrogens is 451 g/mol. The summed E-state index contributed by atoms with van der Waals surface area (Å²) in [6, 6.07) is 10.7. The van der Waals surface area contributed by atoms with Gasteiger partial charge in [-0.3, -0.25) is 4.99 Å². The standard InChI is InChI=1S/C21H34N4O.HI/c1-4-22-20(25-12-10-21(15-25)11-13-26-16-21)23-14-19(17(2)3)24-18-8-6-5-7-9-18;/h5-9,17,19,24H,4,10-16H2,1-3H3,(H,22,23);1H. The summed E-state index contributed by atoms with van der Waals surface area (Å²) in [7, 11) is 0. The fourth-order valence-corrected chi connectivity index (χ4v) is 3.87. The molecule has 1 spiro atoms. The van der Waals surface area contributed by atoms with Crippen molar-refractivity contribution >= 4 is 35.6 Å². The molecule has 2 unspecified atom stereocenters. The Morgan fingerprint density at radius 1 is 1.26 bits per heavy atom. The Bertz CT molecular complexity index is 587. The number of guanidine groups is 1. The lowest BCUT2D eigenvalue weighted by atomic mass is 9.87. The molecular formula is C21H35IN4O. The number of anilines is 1. The molecule has 1 aromatic carbocycles. The fraction of sp³-hybridized carbons (Fsp3) is 0.667. The number of hydrogen-bond acceptors (Lipinski definition) is 3. The summed E-state index contributed by atoms with van der Waals surface area (Å²) in [5, 5.41) is 7.14. The molecule has 1 aromatic rings. The molecule has 6 heteroatoms. The van der Waals surface area contributed by atoms with Crippen molar-refractivity contribution in [2.45, 2.75) is 39.7 Å². The van der Waals surface area contributed by atoms with Crippen molar-refractivity contribution in [3.63, 3.8) is 0 Å². The maximum Gasteiger partial charge on any atom is 0.194 e. The maximum absolute atomic E-state index is 5.67. The summed E-state index contributed by atoms with van der Waals surface area (Å²) in [5.41, 5.74) is 1.52. The largest absolute Gasteiger partial charge is 0.381 e. The van der Waals surface area contributed by atoms with Gasteiger partial charge in [-0.15, -0.1) is 24.0 Å². The normalized spacial score (nSPS) is 23.6. The van der Waals surface area contributed by atoms with E-state index in [4.69, 9.17) is 9.73 Å². The van der Waals surface area contributed by atoms with Gasteiger partial charge < -0.3 is 20.3 Å². The predicted octanol–water partition coefficient (Wildman–Crippen LogP) is 3.82. The van der Waals surface area contributed by atoms with Crippen LogP contribution in [-0.4, -0.2) is 56.3 Å². The van der Waals surface area contributed by atoms with Gasteiger partial charge in [0.1, 0.15) is 0 Å². The number of nitrogens with one attached hydrogen (secondary N) is 2. The summed E-state index contributed by atoms with van der Waals surface area (Å²) in [5.74, 6) is 1.56. The van der Waals surface area contributed by atoms with Crippen molar-refractivity contribution < 1.29 is 4.74 Å². The number of aliphatic imine (C=N–C) groups is 1. The minimum atomic E-state index is 0. The molecule has 0 bridgehead atoms. The van der Waals surface area contributed by atoms with E-state index in [-0.39, 0.29) is 24.0 Å². The molecule has 2 N–H and O–H groups in total. The van der Waals surface area contributed by atoms with Crippen LogP contribution < -0.4 is 10.6 Å². The number of halogens is 1. The minimum absolute atomic E-state index is 0. The third-order valence-corrected chi connectivity index (χ3v) is 5.63. The van der Waals surface area contributed by atoms with Gasteiger partial charge in [0.05, 0.1) is 13.2 Å². The second-order valence-electron chi connectivity index (χ2n) is 8.03. The minimum Gasteiger partial charge on any atom is -0.381 e. The zero-order valence-corrected chi connectivity index (χ0v) is 19.2. The molecule has 0 saturated carbocycles. The summed E-state index contributed by atoms with van der Waals surface area (Å²) in [6.45, 7) is 12.3. The number of para-hydroxylation sites is 1. The number of nitrogens with zero attached hydrogens (tertiary/aromatic N) is 2. The number of hydrogen-bond donors (Lipinski definition) is 2. The first-order valence-corrected chi connectivity index (χ1v) is 10.0. The van der Waals surface area contributed by atoms with Crippen molar-refractivity contribution in [2.75, 3.05) is 44.7 Å². The van der Waals surface area contributed by atoms with Crippen molar-refractivity contribution in [1.82, 2.24) is 10.2 Å². The molecule has 2 aliphatic heterocycles. The highest BCUT2D eigenvalue weighted by Gasteiger charge is 2.42. The average molecular weight is 486 g/mol. The molecule has 0 aliphatic carbocycles. The van der Waals surface area contributed by atoms with Crippen LogP contribution in [0.4, 0.5) is 5.69 Å². The molecule has 152 valence electrons. The second-order valence-corrected chi connectivity index (χ2v) is 8.03. The molecule has 2 fully saturated rings. The highest BCUT2D eigenvalue weighted by molar-refractivity contribution is 14.0. The number of likely N-dealkylation sites (tertiary alicyclic amines) is 1. The lowest BCUT2D eigenvalue weighted by Crippen LogP contribution is -2.42. The molecule has 0 amide bonds. The average Bonchev–Trinajstić information content (AvgIpc) is 3.28. The summed E-state index contributed by atoms with van der Waals surface area (Å²) < 4.78 is 5.67. The summed E-state index contributed by atoms with van der Waals surface area (Å²) in [6.07, 6.45) is 2.40. The molecule has 5 nitrogen and oxygen atoms in total. The Morgan fingerprint density at radius 2 is 2.04 bits per heavy atom. The van der Waals surface area contributed by atoms with E-state index in [1.807, 2.05) is 6.07 Å². The van der Waals surface area contributed by atoms with Crippen LogP contribution in [0.3, 0.4) is 0 Å². The van der Waals surface area contributed by atoms with Crippen molar-refractivity contribution in [1.29, 1.82) is 0 Å². The van der Waals surface area contributed by atoms with E-state index in [0.29, 0.717) is 17.4 Å². The van der Waals surface area contributed by atoms with E-state index in [1.54, 1.807) is 0 Å². The lowest BCUT2D eigenvalue weighted by molar-refractivity contribution is 0.156. The smallest absolute Gasteiger partial charge is 0.194 e. The monoisotopic (exact) mass is 486 g/mol. The van der Waals surface area contributed by atoms with Gasteiger partial charge in [0, 0.05) is 43.4 Å². The quantitative estimate of drug-likeness (QED) is 0.365. The van der Waals surface area contributed by atoms with Gasteiger partial charge in [0.2, 0.25) is 0 Å².